The van der Waals surface area contributed by atoms with E-state index in [1.807, 2.05) is 0 Å². The summed E-state index contributed by atoms with van der Waals surface area (Å²) in [7, 11) is 2.69. The smallest absolute Gasteiger partial charge is 0.334 e. The van der Waals surface area contributed by atoms with Crippen LogP contribution in [0.3, 0.4) is 0 Å². The summed E-state index contributed by atoms with van der Waals surface area (Å²) >= 11 is 0. The minimum Gasteiger partial charge on any atom is -0.479 e. The molecule has 104 valence electrons. The highest BCUT2D eigenvalue weighted by atomic mass is 19.1. The number of carboxylic acids is 1. The average molecular weight is 270 g/mol. The Hall–Kier alpha value is -2.15. The van der Waals surface area contributed by atoms with E-state index in [1.165, 1.54) is 37.3 Å². The quantitative estimate of drug-likeness (QED) is 0.839. The number of hydrogen-bond acceptors (Lipinski definition) is 3. The Morgan fingerprint density at radius 2 is 2.21 bits per heavy atom. The van der Waals surface area contributed by atoms with Gasteiger partial charge in [0.25, 0.3) is 0 Å². The molecule has 0 fully saturated rings. The van der Waals surface area contributed by atoms with Crippen LogP contribution in [0.15, 0.2) is 24.3 Å². The molecule has 0 radical (unpaired) electrons. The minimum absolute atomic E-state index is 0.176. The highest BCUT2D eigenvalue weighted by molar-refractivity contribution is 5.91. The molecule has 1 atom stereocenters. The van der Waals surface area contributed by atoms with Crippen LogP contribution < -0.4 is 10.2 Å². The van der Waals surface area contributed by atoms with Gasteiger partial charge in [-0.1, -0.05) is 6.07 Å². The first-order valence-electron chi connectivity index (χ1n) is 5.48. The number of nitrogens with one attached hydrogen (secondary N) is 1. The molecule has 0 aliphatic carbocycles. The fraction of sp³-hybridized carbons (Fsp3) is 0.333. The molecule has 1 rings (SSSR count). The van der Waals surface area contributed by atoms with Crippen molar-refractivity contribution in [1.82, 2.24) is 5.32 Å². The van der Waals surface area contributed by atoms with Crippen molar-refractivity contribution in [3.05, 3.63) is 30.1 Å². The zero-order chi connectivity index (χ0) is 14.4. The molecule has 0 heterocycles. The number of methoxy groups -OCH3 is 1. The molecule has 0 aliphatic rings. The summed E-state index contributed by atoms with van der Waals surface area (Å²) < 4.78 is 17.7. The average Bonchev–Trinajstić information content (AvgIpc) is 2.38. The second-order valence-corrected chi connectivity index (χ2v) is 3.79. The van der Waals surface area contributed by atoms with Crippen molar-refractivity contribution in [3.8, 4) is 0 Å². The van der Waals surface area contributed by atoms with Crippen LogP contribution in [0.2, 0.25) is 0 Å². The molecule has 7 heteroatoms. The van der Waals surface area contributed by atoms with Crippen LogP contribution in [0, 0.1) is 5.82 Å². The van der Waals surface area contributed by atoms with Crippen molar-refractivity contribution in [3.63, 3.8) is 0 Å². The van der Waals surface area contributed by atoms with E-state index in [-0.39, 0.29) is 6.54 Å². The van der Waals surface area contributed by atoms with Gasteiger partial charge in [-0.3, -0.25) is 4.90 Å². The van der Waals surface area contributed by atoms with Gasteiger partial charge in [0, 0.05) is 19.8 Å². The van der Waals surface area contributed by atoms with Crippen LogP contribution in [0.1, 0.15) is 0 Å². The predicted octanol–water partition coefficient (Wildman–Crippen LogP) is 1.07. The Morgan fingerprint density at radius 1 is 1.53 bits per heavy atom. The molecular weight excluding hydrogens is 255 g/mol. The third kappa shape index (κ3) is 4.22. The summed E-state index contributed by atoms with van der Waals surface area (Å²) in [5.41, 5.74) is 0.363. The number of rotatable bonds is 5. The van der Waals surface area contributed by atoms with E-state index in [9.17, 15) is 14.0 Å². The molecule has 0 saturated carbocycles. The maximum absolute atomic E-state index is 13.0. The lowest BCUT2D eigenvalue weighted by molar-refractivity contribution is -0.147. The summed E-state index contributed by atoms with van der Waals surface area (Å²) in [6.45, 7) is -0.176. The highest BCUT2D eigenvalue weighted by Crippen LogP contribution is 2.13. The number of hydrogen-bond donors (Lipinski definition) is 2. The fourth-order valence-electron chi connectivity index (χ4n) is 1.37. The zero-order valence-corrected chi connectivity index (χ0v) is 10.6. The number of halogens is 1. The van der Waals surface area contributed by atoms with Gasteiger partial charge in [0.1, 0.15) is 5.82 Å². The first-order chi connectivity index (χ1) is 8.95. The Morgan fingerprint density at radius 3 is 2.74 bits per heavy atom. The van der Waals surface area contributed by atoms with Crippen molar-refractivity contribution < 1.29 is 23.8 Å². The van der Waals surface area contributed by atoms with Crippen molar-refractivity contribution >= 4 is 17.7 Å². The van der Waals surface area contributed by atoms with E-state index in [0.717, 1.165) is 0 Å². The van der Waals surface area contributed by atoms with Gasteiger partial charge in [0.2, 0.25) is 0 Å². The lowest BCUT2D eigenvalue weighted by Gasteiger charge is -2.19. The number of carbonyl (C=O) groups excluding carboxylic acids is 1. The first kappa shape index (κ1) is 14.9. The van der Waals surface area contributed by atoms with Gasteiger partial charge in [-0.15, -0.1) is 0 Å². The van der Waals surface area contributed by atoms with Crippen LogP contribution in [0.4, 0.5) is 14.9 Å². The van der Waals surface area contributed by atoms with Gasteiger partial charge in [0.05, 0.1) is 6.54 Å². The van der Waals surface area contributed by atoms with E-state index >= 15 is 0 Å². The minimum atomic E-state index is -1.17. The molecule has 0 spiro atoms. The molecule has 0 bridgehead atoms. The summed E-state index contributed by atoms with van der Waals surface area (Å²) in [6, 6.07) is 4.96. The standard InChI is InChI=1S/C12H15FN2O4/c1-15(9-5-3-4-8(13)6-9)12(18)14-7-10(19-2)11(16)17/h3-6,10H,7H2,1-2H3,(H,14,18)(H,16,17). The molecule has 6 nitrogen and oxygen atoms in total. The third-order valence-corrected chi connectivity index (χ3v) is 2.50. The number of carbonyl (C=O) groups is 2. The zero-order valence-electron chi connectivity index (χ0n) is 10.6. The molecule has 0 aliphatic heterocycles. The molecule has 2 amide bonds. The second-order valence-electron chi connectivity index (χ2n) is 3.79. The number of amides is 2. The lowest BCUT2D eigenvalue weighted by Crippen LogP contribution is -2.43. The number of ether oxygens (including phenoxy) is 1. The van der Waals surface area contributed by atoms with E-state index in [4.69, 9.17) is 5.11 Å². The van der Waals surface area contributed by atoms with Gasteiger partial charge in [0.15, 0.2) is 6.10 Å². The number of aliphatic carboxylic acids is 1. The van der Waals surface area contributed by atoms with Crippen LogP contribution >= 0.6 is 0 Å². The van der Waals surface area contributed by atoms with E-state index in [0.29, 0.717) is 5.69 Å². The summed E-state index contributed by atoms with van der Waals surface area (Å²) in [5, 5.41) is 11.1. The predicted molar refractivity (Wildman–Crippen MR) is 66.6 cm³/mol. The molecule has 0 aromatic heterocycles. The Bertz CT molecular complexity index is 467. The normalized spacial score (nSPS) is 11.7. The number of benzene rings is 1. The van der Waals surface area contributed by atoms with E-state index < -0.39 is 23.9 Å². The van der Waals surface area contributed by atoms with Gasteiger partial charge >= 0.3 is 12.0 Å². The topological polar surface area (TPSA) is 78.9 Å². The molecule has 1 aromatic rings. The second kappa shape index (κ2) is 6.69. The van der Waals surface area contributed by atoms with Crippen molar-refractivity contribution in [2.45, 2.75) is 6.10 Å². The van der Waals surface area contributed by atoms with Crippen LogP contribution in [0.25, 0.3) is 0 Å². The fourth-order valence-corrected chi connectivity index (χ4v) is 1.37. The maximum atomic E-state index is 13.0. The van der Waals surface area contributed by atoms with E-state index in [2.05, 4.69) is 10.1 Å². The first-order valence-corrected chi connectivity index (χ1v) is 5.48. The number of anilines is 1. The maximum Gasteiger partial charge on any atom is 0.334 e. The number of nitrogens with zero attached hydrogens (tertiary/aromatic N) is 1. The third-order valence-electron chi connectivity index (χ3n) is 2.50. The van der Waals surface area contributed by atoms with Gasteiger partial charge in [-0.25, -0.2) is 14.0 Å². The Balaban J connectivity index is 2.61. The van der Waals surface area contributed by atoms with Crippen molar-refractivity contribution in [2.24, 2.45) is 0 Å². The Kier molecular flexibility index (Phi) is 5.25. The van der Waals surface area contributed by atoms with E-state index in [1.54, 1.807) is 6.07 Å². The van der Waals surface area contributed by atoms with Crippen LogP contribution in [-0.4, -0.2) is 43.9 Å². The molecule has 19 heavy (non-hydrogen) atoms. The van der Waals surface area contributed by atoms with Crippen molar-refractivity contribution in [2.75, 3.05) is 25.6 Å². The van der Waals surface area contributed by atoms with Crippen LogP contribution in [-0.2, 0) is 9.53 Å². The monoisotopic (exact) mass is 270 g/mol. The molecule has 1 unspecified atom stereocenters. The SMILES string of the molecule is COC(CNC(=O)N(C)c1cccc(F)c1)C(=O)O. The van der Waals surface area contributed by atoms with Gasteiger partial charge in [-0.05, 0) is 18.2 Å². The summed E-state index contributed by atoms with van der Waals surface area (Å²) in [5.74, 6) is -1.63. The number of urea groups is 1. The summed E-state index contributed by atoms with van der Waals surface area (Å²) in [6.07, 6.45) is -1.12. The van der Waals surface area contributed by atoms with Crippen molar-refractivity contribution in [1.29, 1.82) is 0 Å². The largest absolute Gasteiger partial charge is 0.479 e. The molecular formula is C12H15FN2O4. The highest BCUT2D eigenvalue weighted by Gasteiger charge is 2.19. The molecule has 2 N–H and O–H groups in total. The Labute approximate surface area is 109 Å². The lowest BCUT2D eigenvalue weighted by atomic mass is 10.3. The molecule has 1 aromatic carbocycles. The number of carboxylic acid groups (broad SMARTS) is 1. The van der Waals surface area contributed by atoms with Crippen LogP contribution in [0.5, 0.6) is 0 Å². The van der Waals surface area contributed by atoms with Gasteiger partial charge < -0.3 is 15.2 Å². The molecule has 0 saturated heterocycles. The summed E-state index contributed by atoms with van der Waals surface area (Å²) in [4.78, 5) is 23.6. The van der Waals surface area contributed by atoms with Gasteiger partial charge in [-0.2, -0.15) is 0 Å².